The summed E-state index contributed by atoms with van der Waals surface area (Å²) in [5.41, 5.74) is 0. The summed E-state index contributed by atoms with van der Waals surface area (Å²) in [6.07, 6.45) is 4.68. The van der Waals surface area contributed by atoms with E-state index in [9.17, 15) is 0 Å². The van der Waals surface area contributed by atoms with Crippen LogP contribution in [0.4, 0.5) is 0 Å². The molecule has 1 heterocycles. The van der Waals surface area contributed by atoms with Crippen molar-refractivity contribution in [3.05, 3.63) is 18.2 Å². The van der Waals surface area contributed by atoms with Gasteiger partial charge in [0.1, 0.15) is 5.82 Å². The summed E-state index contributed by atoms with van der Waals surface area (Å²) in [6.45, 7) is 6.07. The van der Waals surface area contributed by atoms with Gasteiger partial charge in [-0.1, -0.05) is 13.8 Å². The van der Waals surface area contributed by atoms with Gasteiger partial charge in [0.15, 0.2) is 0 Å². The normalized spacial score (nSPS) is 15.1. The van der Waals surface area contributed by atoms with E-state index in [1.54, 1.807) is 13.3 Å². The lowest BCUT2D eigenvalue weighted by atomic mass is 10.1. The fourth-order valence-corrected chi connectivity index (χ4v) is 1.59. The van der Waals surface area contributed by atoms with Gasteiger partial charge in [0.2, 0.25) is 0 Å². The Bertz CT molecular complexity index is 248. The summed E-state index contributed by atoms with van der Waals surface area (Å²) in [4.78, 5) is 7.40. The van der Waals surface area contributed by atoms with Crippen LogP contribution in [0.3, 0.4) is 0 Å². The number of hydrogen-bond acceptors (Lipinski definition) is 3. The van der Waals surface area contributed by atoms with Crippen molar-refractivity contribution in [2.45, 2.75) is 26.3 Å². The Hall–Kier alpha value is -0.870. The summed E-state index contributed by atoms with van der Waals surface area (Å²) in [5, 5.41) is 3.48. The van der Waals surface area contributed by atoms with E-state index in [0.717, 1.165) is 25.4 Å². The molecule has 2 N–H and O–H groups in total. The van der Waals surface area contributed by atoms with E-state index in [1.165, 1.54) is 0 Å². The smallest absolute Gasteiger partial charge is 0.123 e. The molecule has 0 saturated carbocycles. The van der Waals surface area contributed by atoms with E-state index in [-0.39, 0.29) is 0 Å². The molecule has 2 atom stereocenters. The second kappa shape index (κ2) is 6.58. The number of nitrogens with one attached hydrogen (secondary N) is 2. The van der Waals surface area contributed by atoms with Crippen LogP contribution in [-0.4, -0.2) is 30.2 Å². The van der Waals surface area contributed by atoms with Crippen molar-refractivity contribution in [3.63, 3.8) is 0 Å². The van der Waals surface area contributed by atoms with Crippen molar-refractivity contribution >= 4 is 0 Å². The molecule has 4 heteroatoms. The lowest BCUT2D eigenvalue weighted by molar-refractivity contribution is 0.156. The molecule has 0 aliphatic heterocycles. The third-order valence-electron chi connectivity index (χ3n) is 2.42. The molecule has 1 rings (SSSR count). The fourth-order valence-electron chi connectivity index (χ4n) is 1.59. The van der Waals surface area contributed by atoms with Gasteiger partial charge in [-0.2, -0.15) is 0 Å². The zero-order valence-corrected chi connectivity index (χ0v) is 9.79. The van der Waals surface area contributed by atoms with E-state index in [1.807, 2.05) is 6.20 Å². The van der Waals surface area contributed by atoms with Gasteiger partial charge in [-0.05, 0) is 12.3 Å². The number of methoxy groups -OCH3 is 1. The van der Waals surface area contributed by atoms with Crippen molar-refractivity contribution in [1.82, 2.24) is 15.3 Å². The molecular formula is C11H21N3O. The fraction of sp³-hybridized carbons (Fsp3) is 0.727. The highest BCUT2D eigenvalue weighted by Gasteiger charge is 2.11. The molecular weight excluding hydrogens is 190 g/mol. The first-order valence-electron chi connectivity index (χ1n) is 5.49. The molecule has 0 aromatic carbocycles. The van der Waals surface area contributed by atoms with Crippen LogP contribution in [0.2, 0.25) is 0 Å². The van der Waals surface area contributed by atoms with E-state index in [4.69, 9.17) is 4.74 Å². The number of aromatic nitrogens is 2. The van der Waals surface area contributed by atoms with Crippen LogP contribution in [0.1, 0.15) is 32.1 Å². The molecule has 15 heavy (non-hydrogen) atoms. The lowest BCUT2D eigenvalue weighted by Crippen LogP contribution is -2.28. The van der Waals surface area contributed by atoms with E-state index >= 15 is 0 Å². The van der Waals surface area contributed by atoms with Crippen LogP contribution in [0.5, 0.6) is 0 Å². The number of nitrogens with zero attached hydrogens (tertiary/aromatic N) is 1. The Morgan fingerprint density at radius 2 is 2.40 bits per heavy atom. The van der Waals surface area contributed by atoms with E-state index in [2.05, 4.69) is 29.1 Å². The van der Waals surface area contributed by atoms with E-state index in [0.29, 0.717) is 12.0 Å². The SMILES string of the molecule is CCC(NCC(C)COC)c1ncc[nH]1. The molecule has 1 aromatic rings. The van der Waals surface area contributed by atoms with Crippen molar-refractivity contribution < 1.29 is 4.74 Å². The zero-order chi connectivity index (χ0) is 11.1. The number of ether oxygens (including phenoxy) is 1. The second-order valence-corrected chi connectivity index (χ2v) is 3.90. The van der Waals surface area contributed by atoms with Crippen LogP contribution in [0.15, 0.2) is 12.4 Å². The molecule has 0 aliphatic carbocycles. The summed E-state index contributed by atoms with van der Waals surface area (Å²) in [5.74, 6) is 1.54. The van der Waals surface area contributed by atoms with Crippen LogP contribution in [-0.2, 0) is 4.74 Å². The molecule has 0 fully saturated rings. The van der Waals surface area contributed by atoms with Gasteiger partial charge in [0.25, 0.3) is 0 Å². The van der Waals surface area contributed by atoms with Gasteiger partial charge in [0, 0.05) is 32.7 Å². The number of aromatic amines is 1. The quantitative estimate of drug-likeness (QED) is 0.722. The maximum atomic E-state index is 5.10. The van der Waals surface area contributed by atoms with Gasteiger partial charge in [0.05, 0.1) is 6.04 Å². The zero-order valence-electron chi connectivity index (χ0n) is 9.79. The molecule has 0 amide bonds. The molecule has 86 valence electrons. The Balaban J connectivity index is 2.35. The number of H-pyrrole nitrogens is 1. The van der Waals surface area contributed by atoms with Gasteiger partial charge >= 0.3 is 0 Å². The predicted octanol–water partition coefficient (Wildman–Crippen LogP) is 1.73. The summed E-state index contributed by atoms with van der Waals surface area (Å²) in [7, 11) is 1.74. The highest BCUT2D eigenvalue weighted by molar-refractivity contribution is 4.94. The Morgan fingerprint density at radius 3 is 2.93 bits per heavy atom. The highest BCUT2D eigenvalue weighted by Crippen LogP contribution is 2.11. The minimum Gasteiger partial charge on any atom is -0.384 e. The first-order chi connectivity index (χ1) is 7.27. The Kier molecular flexibility index (Phi) is 5.36. The lowest BCUT2D eigenvalue weighted by Gasteiger charge is -2.17. The van der Waals surface area contributed by atoms with Gasteiger partial charge in [-0.3, -0.25) is 0 Å². The van der Waals surface area contributed by atoms with Gasteiger partial charge in [-0.25, -0.2) is 4.98 Å². The third kappa shape index (κ3) is 4.01. The van der Waals surface area contributed by atoms with Crippen molar-refractivity contribution in [1.29, 1.82) is 0 Å². The monoisotopic (exact) mass is 211 g/mol. The average molecular weight is 211 g/mol. The van der Waals surface area contributed by atoms with Crippen molar-refractivity contribution in [2.75, 3.05) is 20.3 Å². The minimum absolute atomic E-state index is 0.319. The molecule has 0 spiro atoms. The number of rotatable bonds is 7. The maximum absolute atomic E-state index is 5.10. The minimum atomic E-state index is 0.319. The number of imidazole rings is 1. The first kappa shape index (κ1) is 12.2. The highest BCUT2D eigenvalue weighted by atomic mass is 16.5. The molecule has 0 saturated heterocycles. The van der Waals surface area contributed by atoms with Crippen LogP contribution in [0, 0.1) is 5.92 Å². The van der Waals surface area contributed by atoms with Crippen LogP contribution < -0.4 is 5.32 Å². The van der Waals surface area contributed by atoms with Gasteiger partial charge < -0.3 is 15.0 Å². The van der Waals surface area contributed by atoms with Crippen LogP contribution >= 0.6 is 0 Å². The maximum Gasteiger partial charge on any atom is 0.123 e. The Labute approximate surface area is 91.4 Å². The third-order valence-corrected chi connectivity index (χ3v) is 2.42. The predicted molar refractivity (Wildman–Crippen MR) is 60.7 cm³/mol. The van der Waals surface area contributed by atoms with Gasteiger partial charge in [-0.15, -0.1) is 0 Å². The van der Waals surface area contributed by atoms with Crippen LogP contribution in [0.25, 0.3) is 0 Å². The van der Waals surface area contributed by atoms with E-state index < -0.39 is 0 Å². The molecule has 2 unspecified atom stereocenters. The van der Waals surface area contributed by atoms with Crippen molar-refractivity contribution in [3.8, 4) is 0 Å². The molecule has 0 bridgehead atoms. The van der Waals surface area contributed by atoms with Crippen molar-refractivity contribution in [2.24, 2.45) is 5.92 Å². The first-order valence-corrected chi connectivity index (χ1v) is 5.49. The molecule has 4 nitrogen and oxygen atoms in total. The summed E-state index contributed by atoms with van der Waals surface area (Å²) < 4.78 is 5.10. The summed E-state index contributed by atoms with van der Waals surface area (Å²) >= 11 is 0. The average Bonchev–Trinajstić information content (AvgIpc) is 2.72. The number of hydrogen-bond donors (Lipinski definition) is 2. The molecule has 1 aromatic heterocycles. The summed E-state index contributed by atoms with van der Waals surface area (Å²) in [6, 6.07) is 0.319. The molecule has 0 aliphatic rings. The second-order valence-electron chi connectivity index (χ2n) is 3.90. The topological polar surface area (TPSA) is 49.9 Å². The standard InChI is InChI=1S/C11H21N3O/c1-4-10(11-12-5-6-13-11)14-7-9(2)8-15-3/h5-6,9-10,14H,4,7-8H2,1-3H3,(H,12,13). The molecule has 0 radical (unpaired) electrons. The Morgan fingerprint density at radius 1 is 1.60 bits per heavy atom. The largest absolute Gasteiger partial charge is 0.384 e.